The Labute approximate surface area is 109 Å². The van der Waals surface area contributed by atoms with Gasteiger partial charge in [-0.3, -0.25) is 4.98 Å². The number of oxime groups is 1. The van der Waals surface area contributed by atoms with Crippen LogP contribution >= 0.6 is 0 Å². The summed E-state index contributed by atoms with van der Waals surface area (Å²) in [7, 11) is 0. The summed E-state index contributed by atoms with van der Waals surface area (Å²) in [5.41, 5.74) is 6.30. The number of benzene rings is 1. The number of amidine groups is 1. The minimum Gasteiger partial charge on any atom is -0.452 e. The molecule has 5 nitrogen and oxygen atoms in total. The standard InChI is InChI=1S/C13H12FN3O2/c1-8-11(3-2-6-16-8)19-12-5-4-9(7-10(12)14)13(15)17-18/h2-7,18H,1H3,(H2,15,17). The quantitative estimate of drug-likeness (QED) is 0.385. The SMILES string of the molecule is Cc1ncccc1Oc1ccc(C(N)=NO)cc1F. The maximum absolute atomic E-state index is 13.8. The van der Waals surface area contributed by atoms with Gasteiger partial charge in [-0.2, -0.15) is 0 Å². The fourth-order valence-electron chi connectivity index (χ4n) is 1.50. The maximum Gasteiger partial charge on any atom is 0.170 e. The van der Waals surface area contributed by atoms with Crippen molar-refractivity contribution in [1.29, 1.82) is 0 Å². The van der Waals surface area contributed by atoms with Crippen LogP contribution in [0.4, 0.5) is 4.39 Å². The first-order valence-corrected chi connectivity index (χ1v) is 5.48. The number of ether oxygens (including phenoxy) is 1. The minimum absolute atomic E-state index is 0.0468. The molecule has 2 rings (SSSR count). The Hall–Kier alpha value is -2.63. The van der Waals surface area contributed by atoms with Gasteiger partial charge in [0.15, 0.2) is 17.4 Å². The molecule has 3 N–H and O–H groups in total. The first-order chi connectivity index (χ1) is 9.11. The van der Waals surface area contributed by atoms with Crippen LogP contribution < -0.4 is 10.5 Å². The van der Waals surface area contributed by atoms with Crippen molar-refractivity contribution in [3.8, 4) is 11.5 Å². The molecule has 19 heavy (non-hydrogen) atoms. The van der Waals surface area contributed by atoms with Crippen molar-refractivity contribution < 1.29 is 14.3 Å². The second-order valence-electron chi connectivity index (χ2n) is 3.82. The first kappa shape index (κ1) is 12.8. The molecule has 1 heterocycles. The normalized spacial score (nSPS) is 11.4. The Kier molecular flexibility index (Phi) is 3.61. The molecule has 0 radical (unpaired) electrons. The van der Waals surface area contributed by atoms with Gasteiger partial charge in [-0.05, 0) is 37.3 Å². The molecule has 98 valence electrons. The van der Waals surface area contributed by atoms with Crippen LogP contribution in [0.1, 0.15) is 11.3 Å². The zero-order valence-corrected chi connectivity index (χ0v) is 10.2. The molecule has 0 spiro atoms. The number of hydrogen-bond acceptors (Lipinski definition) is 4. The van der Waals surface area contributed by atoms with Gasteiger partial charge in [-0.1, -0.05) is 5.16 Å². The fraction of sp³-hybridized carbons (Fsp3) is 0.0769. The second kappa shape index (κ2) is 5.34. The van der Waals surface area contributed by atoms with Crippen LogP contribution in [-0.2, 0) is 0 Å². The van der Waals surface area contributed by atoms with Crippen LogP contribution in [-0.4, -0.2) is 16.0 Å². The summed E-state index contributed by atoms with van der Waals surface area (Å²) in [4.78, 5) is 4.04. The molecule has 2 aromatic rings. The van der Waals surface area contributed by atoms with E-state index in [1.807, 2.05) is 0 Å². The average molecular weight is 261 g/mol. The molecule has 0 bridgehead atoms. The van der Waals surface area contributed by atoms with Crippen molar-refractivity contribution in [2.75, 3.05) is 0 Å². The van der Waals surface area contributed by atoms with Crippen LogP contribution in [0.2, 0.25) is 0 Å². The lowest BCUT2D eigenvalue weighted by Crippen LogP contribution is -2.13. The van der Waals surface area contributed by atoms with Crippen LogP contribution in [0.15, 0.2) is 41.7 Å². The molecule has 0 fully saturated rings. The Morgan fingerprint density at radius 1 is 1.37 bits per heavy atom. The minimum atomic E-state index is -0.604. The topological polar surface area (TPSA) is 80.7 Å². The number of halogens is 1. The van der Waals surface area contributed by atoms with E-state index in [-0.39, 0.29) is 17.1 Å². The van der Waals surface area contributed by atoms with Crippen LogP contribution in [0.3, 0.4) is 0 Å². The van der Waals surface area contributed by atoms with Gasteiger partial charge >= 0.3 is 0 Å². The number of hydrogen-bond donors (Lipinski definition) is 2. The number of nitrogens with two attached hydrogens (primary N) is 1. The van der Waals surface area contributed by atoms with E-state index in [9.17, 15) is 4.39 Å². The Morgan fingerprint density at radius 2 is 2.16 bits per heavy atom. The monoisotopic (exact) mass is 261 g/mol. The van der Waals surface area contributed by atoms with E-state index < -0.39 is 5.82 Å². The maximum atomic E-state index is 13.8. The summed E-state index contributed by atoms with van der Waals surface area (Å²) >= 11 is 0. The number of pyridine rings is 1. The van der Waals surface area contributed by atoms with E-state index in [0.717, 1.165) is 6.07 Å². The highest BCUT2D eigenvalue weighted by Gasteiger charge is 2.09. The summed E-state index contributed by atoms with van der Waals surface area (Å²) in [6, 6.07) is 7.44. The Balaban J connectivity index is 2.30. The lowest BCUT2D eigenvalue weighted by molar-refractivity contribution is 0.318. The Bertz CT molecular complexity index is 629. The molecule has 0 atom stereocenters. The molecule has 0 aliphatic carbocycles. The highest BCUT2D eigenvalue weighted by molar-refractivity contribution is 5.97. The molecule has 0 saturated heterocycles. The second-order valence-corrected chi connectivity index (χ2v) is 3.82. The highest BCUT2D eigenvalue weighted by Crippen LogP contribution is 2.26. The third-order valence-electron chi connectivity index (χ3n) is 2.51. The van der Waals surface area contributed by atoms with Crippen LogP contribution in [0.25, 0.3) is 0 Å². The van der Waals surface area contributed by atoms with E-state index in [0.29, 0.717) is 11.4 Å². The zero-order chi connectivity index (χ0) is 13.8. The van der Waals surface area contributed by atoms with E-state index in [1.165, 1.54) is 12.1 Å². The number of nitrogens with zero attached hydrogens (tertiary/aromatic N) is 2. The predicted octanol–water partition coefficient (Wildman–Crippen LogP) is 2.42. The number of aryl methyl sites for hydroxylation is 1. The van der Waals surface area contributed by atoms with Gasteiger partial charge in [0.05, 0.1) is 5.69 Å². The van der Waals surface area contributed by atoms with Crippen molar-refractivity contribution in [3.05, 3.63) is 53.6 Å². The van der Waals surface area contributed by atoms with E-state index >= 15 is 0 Å². The van der Waals surface area contributed by atoms with Gasteiger partial charge in [0.1, 0.15) is 5.75 Å². The predicted molar refractivity (Wildman–Crippen MR) is 68.0 cm³/mol. The van der Waals surface area contributed by atoms with Crippen LogP contribution in [0.5, 0.6) is 11.5 Å². The van der Waals surface area contributed by atoms with Crippen molar-refractivity contribution in [3.63, 3.8) is 0 Å². The zero-order valence-electron chi connectivity index (χ0n) is 10.2. The summed E-state index contributed by atoms with van der Waals surface area (Å²) < 4.78 is 19.3. The molecular weight excluding hydrogens is 249 g/mol. The van der Waals surface area contributed by atoms with E-state index in [4.69, 9.17) is 15.7 Å². The summed E-state index contributed by atoms with van der Waals surface area (Å²) in [5, 5.41) is 11.3. The first-order valence-electron chi connectivity index (χ1n) is 5.48. The van der Waals surface area contributed by atoms with Gasteiger partial charge < -0.3 is 15.7 Å². The molecule has 1 aromatic carbocycles. The van der Waals surface area contributed by atoms with Gasteiger partial charge in [-0.25, -0.2) is 4.39 Å². The lowest BCUT2D eigenvalue weighted by atomic mass is 10.2. The molecule has 1 aromatic heterocycles. The van der Waals surface area contributed by atoms with E-state index in [1.54, 1.807) is 25.3 Å². The Morgan fingerprint density at radius 3 is 2.79 bits per heavy atom. The summed E-state index contributed by atoms with van der Waals surface area (Å²) in [5.74, 6) is -0.251. The van der Waals surface area contributed by atoms with Gasteiger partial charge in [0.2, 0.25) is 0 Å². The van der Waals surface area contributed by atoms with E-state index in [2.05, 4.69) is 10.1 Å². The summed E-state index contributed by atoms with van der Waals surface area (Å²) in [6.07, 6.45) is 1.63. The average Bonchev–Trinajstić information content (AvgIpc) is 2.42. The lowest BCUT2D eigenvalue weighted by Gasteiger charge is -2.09. The molecule has 0 aliphatic heterocycles. The largest absolute Gasteiger partial charge is 0.452 e. The number of aromatic nitrogens is 1. The van der Waals surface area contributed by atoms with Gasteiger partial charge in [0, 0.05) is 11.8 Å². The molecule has 0 amide bonds. The van der Waals surface area contributed by atoms with Crippen LogP contribution in [0, 0.1) is 12.7 Å². The molecule has 0 saturated carbocycles. The van der Waals surface area contributed by atoms with Crippen molar-refractivity contribution in [1.82, 2.24) is 4.98 Å². The van der Waals surface area contributed by atoms with Crippen molar-refractivity contribution in [2.24, 2.45) is 10.9 Å². The molecule has 0 aliphatic rings. The third kappa shape index (κ3) is 2.79. The smallest absolute Gasteiger partial charge is 0.170 e. The van der Waals surface area contributed by atoms with Gasteiger partial charge in [-0.15, -0.1) is 0 Å². The highest BCUT2D eigenvalue weighted by atomic mass is 19.1. The molecular formula is C13H12FN3O2. The van der Waals surface area contributed by atoms with Crippen molar-refractivity contribution >= 4 is 5.84 Å². The number of rotatable bonds is 3. The summed E-state index contributed by atoms with van der Waals surface area (Å²) in [6.45, 7) is 1.76. The molecule has 0 unspecified atom stereocenters. The van der Waals surface area contributed by atoms with Crippen molar-refractivity contribution in [2.45, 2.75) is 6.92 Å². The van der Waals surface area contributed by atoms with Gasteiger partial charge in [0.25, 0.3) is 0 Å². The fourth-order valence-corrected chi connectivity index (χ4v) is 1.50. The third-order valence-corrected chi connectivity index (χ3v) is 2.51. The molecule has 6 heteroatoms.